The Bertz CT molecular complexity index is 347. The van der Waals surface area contributed by atoms with Crippen molar-refractivity contribution in [1.82, 2.24) is 4.57 Å². The van der Waals surface area contributed by atoms with E-state index in [0.717, 1.165) is 3.57 Å². The highest BCUT2D eigenvalue weighted by molar-refractivity contribution is 14.1. The number of nitrogens with two attached hydrogens (primary N) is 1. The largest absolute Gasteiger partial charge is 0.396 e. The first-order valence-electron chi connectivity index (χ1n) is 4.33. The van der Waals surface area contributed by atoms with Gasteiger partial charge in [0.05, 0.1) is 5.56 Å². The van der Waals surface area contributed by atoms with E-state index in [2.05, 4.69) is 22.6 Å². The number of ketones is 1. The maximum Gasteiger partial charge on any atom is 0.164 e. The number of Topliss-reactive ketones (excluding diaryl/α,β-unsaturated/α-hetero) is 1. The van der Waals surface area contributed by atoms with E-state index >= 15 is 0 Å². The molecule has 0 spiro atoms. The van der Waals surface area contributed by atoms with Crippen molar-refractivity contribution in [2.45, 2.75) is 19.9 Å². The third kappa shape index (κ3) is 2.27. The van der Waals surface area contributed by atoms with E-state index in [4.69, 9.17) is 10.8 Å². The molecule has 0 unspecified atom stereocenters. The lowest BCUT2D eigenvalue weighted by atomic mass is 10.2. The third-order valence-corrected chi connectivity index (χ3v) is 2.80. The number of hydrogen-bond acceptors (Lipinski definition) is 3. The van der Waals surface area contributed by atoms with Crippen LogP contribution < -0.4 is 5.73 Å². The van der Waals surface area contributed by atoms with Crippen molar-refractivity contribution in [3.63, 3.8) is 0 Å². The van der Waals surface area contributed by atoms with E-state index in [-0.39, 0.29) is 12.4 Å². The highest BCUT2D eigenvalue weighted by Crippen LogP contribution is 2.22. The fourth-order valence-corrected chi connectivity index (χ4v) is 2.30. The van der Waals surface area contributed by atoms with Gasteiger partial charge in [-0.25, -0.2) is 0 Å². The predicted molar refractivity (Wildman–Crippen MR) is 63.3 cm³/mol. The topological polar surface area (TPSA) is 68.2 Å². The van der Waals surface area contributed by atoms with Gasteiger partial charge >= 0.3 is 0 Å². The molecule has 78 valence electrons. The van der Waals surface area contributed by atoms with Crippen molar-refractivity contribution in [3.8, 4) is 0 Å². The molecule has 1 aromatic rings. The Balaban J connectivity index is 2.98. The molecule has 5 heteroatoms. The highest BCUT2D eigenvalue weighted by atomic mass is 127. The first-order chi connectivity index (χ1) is 6.57. The number of carbonyl (C=O) groups is 1. The predicted octanol–water partition coefficient (Wildman–Crippen LogP) is 1.26. The Hall–Kier alpha value is -0.560. The van der Waals surface area contributed by atoms with Gasteiger partial charge in [-0.3, -0.25) is 4.79 Å². The molecule has 0 bridgehead atoms. The van der Waals surface area contributed by atoms with Crippen LogP contribution in [-0.4, -0.2) is 22.1 Å². The Kier molecular flexibility index (Phi) is 3.94. The normalized spacial score (nSPS) is 10.5. The Morgan fingerprint density at radius 1 is 1.71 bits per heavy atom. The number of rotatable bonds is 4. The monoisotopic (exact) mass is 308 g/mol. The minimum absolute atomic E-state index is 0.0188. The first kappa shape index (κ1) is 11.5. The van der Waals surface area contributed by atoms with Gasteiger partial charge in [0.25, 0.3) is 0 Å². The Morgan fingerprint density at radius 3 is 2.79 bits per heavy atom. The van der Waals surface area contributed by atoms with Crippen LogP contribution in [0.2, 0.25) is 0 Å². The lowest BCUT2D eigenvalue weighted by Gasteiger charge is -2.04. The van der Waals surface area contributed by atoms with Crippen LogP contribution in [0.25, 0.3) is 0 Å². The number of anilines is 1. The number of aromatic nitrogens is 1. The summed E-state index contributed by atoms with van der Waals surface area (Å²) in [5.74, 6) is 0.477. The quantitative estimate of drug-likeness (QED) is 0.650. The minimum Gasteiger partial charge on any atom is -0.396 e. The van der Waals surface area contributed by atoms with Gasteiger partial charge in [0.2, 0.25) is 0 Å². The molecule has 1 heterocycles. The van der Waals surface area contributed by atoms with E-state index in [1.807, 2.05) is 6.20 Å². The minimum atomic E-state index is -0.0188. The molecule has 0 atom stereocenters. The van der Waals surface area contributed by atoms with E-state index in [9.17, 15) is 4.79 Å². The van der Waals surface area contributed by atoms with Crippen molar-refractivity contribution in [1.29, 1.82) is 0 Å². The van der Waals surface area contributed by atoms with Crippen molar-refractivity contribution >= 4 is 34.2 Å². The van der Waals surface area contributed by atoms with Gasteiger partial charge < -0.3 is 15.4 Å². The Labute approximate surface area is 96.2 Å². The molecule has 0 saturated heterocycles. The second-order valence-electron chi connectivity index (χ2n) is 3.06. The number of carbonyl (C=O) groups excluding carboxylic acids is 1. The summed E-state index contributed by atoms with van der Waals surface area (Å²) in [4.78, 5) is 11.2. The van der Waals surface area contributed by atoms with Crippen molar-refractivity contribution in [3.05, 3.63) is 15.3 Å². The summed E-state index contributed by atoms with van der Waals surface area (Å²) in [6.07, 6.45) is 2.48. The molecule has 0 fully saturated rings. The van der Waals surface area contributed by atoms with Crippen molar-refractivity contribution in [2.75, 3.05) is 12.3 Å². The van der Waals surface area contributed by atoms with E-state index in [1.165, 1.54) is 6.92 Å². The molecular weight excluding hydrogens is 295 g/mol. The van der Waals surface area contributed by atoms with Crippen LogP contribution in [-0.2, 0) is 6.54 Å². The maximum absolute atomic E-state index is 11.2. The zero-order chi connectivity index (χ0) is 10.7. The zero-order valence-corrected chi connectivity index (χ0v) is 10.1. The van der Waals surface area contributed by atoms with Gasteiger partial charge in [-0.05, 0) is 35.9 Å². The van der Waals surface area contributed by atoms with Gasteiger partial charge in [-0.1, -0.05) is 0 Å². The molecule has 1 rings (SSSR count). The van der Waals surface area contributed by atoms with Crippen LogP contribution in [0.3, 0.4) is 0 Å². The number of aliphatic hydroxyl groups is 1. The second-order valence-corrected chi connectivity index (χ2v) is 4.23. The molecule has 0 saturated carbocycles. The summed E-state index contributed by atoms with van der Waals surface area (Å²) in [6.45, 7) is 2.28. The lowest BCUT2D eigenvalue weighted by Crippen LogP contribution is -2.06. The van der Waals surface area contributed by atoms with Gasteiger partial charge in [-0.15, -0.1) is 0 Å². The van der Waals surface area contributed by atoms with E-state index < -0.39 is 0 Å². The summed E-state index contributed by atoms with van der Waals surface area (Å²) in [7, 11) is 0. The molecular formula is C9H13IN2O2. The molecule has 0 aromatic carbocycles. The molecule has 0 amide bonds. The van der Waals surface area contributed by atoms with Gasteiger partial charge in [0.1, 0.15) is 5.82 Å². The number of aryl methyl sites for hydroxylation is 1. The standard InChI is InChI=1S/C9H13IN2O2/c1-6(14)8-7(10)5-12(9(8)11)3-2-4-13/h5,13H,2-4,11H2,1H3. The molecule has 3 N–H and O–H groups in total. The molecule has 0 aliphatic rings. The lowest BCUT2D eigenvalue weighted by molar-refractivity contribution is 0.101. The summed E-state index contributed by atoms with van der Waals surface area (Å²) in [6, 6.07) is 0. The number of hydrogen-bond donors (Lipinski definition) is 2. The number of aliphatic hydroxyl groups excluding tert-OH is 1. The van der Waals surface area contributed by atoms with Crippen LogP contribution in [0.5, 0.6) is 0 Å². The number of halogens is 1. The van der Waals surface area contributed by atoms with Gasteiger partial charge in [-0.2, -0.15) is 0 Å². The maximum atomic E-state index is 11.2. The fourth-order valence-electron chi connectivity index (χ4n) is 1.31. The highest BCUT2D eigenvalue weighted by Gasteiger charge is 2.14. The van der Waals surface area contributed by atoms with Crippen molar-refractivity contribution in [2.24, 2.45) is 0 Å². The van der Waals surface area contributed by atoms with Gasteiger partial charge in [0.15, 0.2) is 5.78 Å². The SMILES string of the molecule is CC(=O)c1c(I)cn(CCCO)c1N. The molecule has 4 nitrogen and oxygen atoms in total. The smallest absolute Gasteiger partial charge is 0.164 e. The second kappa shape index (κ2) is 4.79. The molecule has 1 aromatic heterocycles. The van der Waals surface area contributed by atoms with Crippen LogP contribution in [0.15, 0.2) is 6.20 Å². The summed E-state index contributed by atoms with van der Waals surface area (Å²) in [5, 5.41) is 8.68. The number of nitrogen functional groups attached to an aromatic ring is 1. The summed E-state index contributed by atoms with van der Waals surface area (Å²) in [5.41, 5.74) is 6.39. The molecule has 0 aliphatic heterocycles. The summed E-state index contributed by atoms with van der Waals surface area (Å²) >= 11 is 2.09. The summed E-state index contributed by atoms with van der Waals surface area (Å²) < 4.78 is 2.67. The zero-order valence-electron chi connectivity index (χ0n) is 7.96. The Morgan fingerprint density at radius 2 is 2.36 bits per heavy atom. The third-order valence-electron chi connectivity index (χ3n) is 1.98. The van der Waals surface area contributed by atoms with Crippen LogP contribution >= 0.6 is 22.6 Å². The first-order valence-corrected chi connectivity index (χ1v) is 5.41. The van der Waals surface area contributed by atoms with Gasteiger partial charge in [0, 0.05) is 22.9 Å². The van der Waals surface area contributed by atoms with E-state index in [0.29, 0.717) is 24.3 Å². The van der Waals surface area contributed by atoms with Crippen molar-refractivity contribution < 1.29 is 9.90 Å². The molecule has 0 aliphatic carbocycles. The van der Waals surface area contributed by atoms with Crippen LogP contribution in [0.4, 0.5) is 5.82 Å². The fraction of sp³-hybridized carbons (Fsp3) is 0.444. The molecule has 0 radical (unpaired) electrons. The van der Waals surface area contributed by atoms with Crippen LogP contribution in [0, 0.1) is 3.57 Å². The molecule has 14 heavy (non-hydrogen) atoms. The van der Waals surface area contributed by atoms with Crippen LogP contribution in [0.1, 0.15) is 23.7 Å². The average Bonchev–Trinajstić information content (AvgIpc) is 2.38. The average molecular weight is 308 g/mol. The van der Waals surface area contributed by atoms with E-state index in [1.54, 1.807) is 4.57 Å². The number of nitrogens with zero attached hydrogens (tertiary/aromatic N) is 1.